The van der Waals surface area contributed by atoms with Gasteiger partial charge in [0, 0.05) is 19.4 Å². The van der Waals surface area contributed by atoms with E-state index in [-0.39, 0.29) is 24.2 Å². The topological polar surface area (TPSA) is 111 Å². The summed E-state index contributed by atoms with van der Waals surface area (Å²) in [6, 6.07) is 0. The number of hydrogen-bond acceptors (Lipinski definition) is 4. The third kappa shape index (κ3) is 54.6. The van der Waals surface area contributed by atoms with E-state index in [0.29, 0.717) is 18.9 Å². The van der Waals surface area contributed by atoms with Gasteiger partial charge in [-0.2, -0.15) is 0 Å². The average Bonchev–Trinajstić information content (AvgIpc) is 3.89. The van der Waals surface area contributed by atoms with E-state index in [9.17, 15) is 9.59 Å². The van der Waals surface area contributed by atoms with E-state index in [1.807, 2.05) is 0 Å². The molecule has 1 heterocycles. The van der Waals surface area contributed by atoms with Crippen molar-refractivity contribution < 1.29 is 14.3 Å². The number of nitrogens with one attached hydrogen (secondary N) is 1. The molecule has 1 saturated heterocycles. The van der Waals surface area contributed by atoms with Gasteiger partial charge >= 0.3 is 0 Å². The maximum Gasteiger partial charge on any atom is 0.217 e. The van der Waals surface area contributed by atoms with E-state index in [2.05, 4.69) is 26.1 Å². The molecular weight excluding hydrogens is 618 g/mol. The summed E-state index contributed by atoms with van der Waals surface area (Å²) in [6.07, 6.45) is 42.3. The Bertz CT molecular complexity index is 576. The molecule has 0 saturated carbocycles. The quantitative estimate of drug-likeness (QED) is 0.0450. The van der Waals surface area contributed by atoms with Crippen molar-refractivity contribution >= 4 is 24.2 Å². The first kappa shape index (κ1) is 51.5. The number of epoxide rings is 1. The lowest BCUT2D eigenvalue weighted by Crippen LogP contribution is -2.18. The maximum absolute atomic E-state index is 10.6. The minimum absolute atomic E-state index is 0. The predicted octanol–water partition coefficient (Wildman–Crippen LogP) is 11.9. The van der Waals surface area contributed by atoms with Crippen LogP contribution in [0.3, 0.4) is 0 Å². The smallest absolute Gasteiger partial charge is 0.217 e. The number of rotatable bonds is 35. The first-order valence-corrected chi connectivity index (χ1v) is 20.9. The Balaban J connectivity index is -0.000000688. The third-order valence-electron chi connectivity index (χ3n) is 9.08. The monoisotopic (exact) mass is 704 g/mol. The van der Waals surface area contributed by atoms with Crippen LogP contribution in [0.15, 0.2) is 0 Å². The number of likely N-dealkylation sites (N-methyl/N-ethyl adjacent to an activating group) is 1. The number of amides is 2. The summed E-state index contributed by atoms with van der Waals surface area (Å²) in [6.45, 7) is 9.71. The van der Waals surface area contributed by atoms with Gasteiger partial charge in [-0.1, -0.05) is 201 Å². The molecular formula is C41H86ClN3O3. The van der Waals surface area contributed by atoms with Crippen LogP contribution in [-0.4, -0.2) is 37.6 Å². The summed E-state index contributed by atoms with van der Waals surface area (Å²) in [7, 11) is 0. The fourth-order valence-electron chi connectivity index (χ4n) is 5.83. The molecule has 0 aromatic rings. The number of nitrogens with two attached hydrogens (primary N) is 2. The van der Waals surface area contributed by atoms with Crippen molar-refractivity contribution in [1.82, 2.24) is 5.32 Å². The number of carbonyl (C=O) groups is 2. The largest absolute Gasteiger partial charge is 0.372 e. The van der Waals surface area contributed by atoms with E-state index in [1.54, 1.807) is 0 Å². The molecule has 0 aromatic carbocycles. The van der Waals surface area contributed by atoms with Gasteiger partial charge in [0.05, 0.1) is 12.7 Å². The van der Waals surface area contributed by atoms with Crippen molar-refractivity contribution in [3.05, 3.63) is 0 Å². The normalized spacial score (nSPS) is 13.1. The zero-order valence-corrected chi connectivity index (χ0v) is 33.4. The van der Waals surface area contributed by atoms with Crippen LogP contribution in [0.5, 0.6) is 0 Å². The Morgan fingerprint density at radius 1 is 0.479 bits per heavy atom. The number of primary amides is 2. The molecule has 2 amide bonds. The van der Waals surface area contributed by atoms with Crippen LogP contribution in [0.4, 0.5) is 0 Å². The van der Waals surface area contributed by atoms with Crippen molar-refractivity contribution in [2.24, 2.45) is 11.5 Å². The number of halogens is 1. The molecule has 48 heavy (non-hydrogen) atoms. The zero-order valence-electron chi connectivity index (χ0n) is 32.6. The molecule has 0 radical (unpaired) electrons. The van der Waals surface area contributed by atoms with Crippen LogP contribution in [0.2, 0.25) is 0 Å². The maximum atomic E-state index is 10.6. The Morgan fingerprint density at radius 3 is 0.896 bits per heavy atom. The second kappa shape index (κ2) is 46.1. The molecule has 1 unspecified atom stereocenters. The standard InChI is InChI=1S/2C18H37NO.C5H11NO.ClH/c2*1-2-3-4-5-6-7-8-9-10-11-12-13-14-15-16-17-18(19)20;1-2-6-3-5-4-7-5;/h2*2-17H2,1H3,(H2,19,20);5-6H,2-4H2,1H3;1H. The Hall–Kier alpha value is -0.850. The minimum atomic E-state index is -0.153. The van der Waals surface area contributed by atoms with Crippen molar-refractivity contribution in [1.29, 1.82) is 0 Å². The third-order valence-corrected chi connectivity index (χ3v) is 9.08. The Kier molecular flexibility index (Phi) is 49.5. The average molecular weight is 705 g/mol. The molecule has 0 spiro atoms. The molecule has 5 N–H and O–H groups in total. The summed E-state index contributed by atoms with van der Waals surface area (Å²) < 4.78 is 4.95. The molecule has 7 heteroatoms. The van der Waals surface area contributed by atoms with Gasteiger partial charge in [0.25, 0.3) is 0 Å². The highest BCUT2D eigenvalue weighted by Gasteiger charge is 2.20. The second-order valence-corrected chi connectivity index (χ2v) is 14.1. The van der Waals surface area contributed by atoms with Gasteiger partial charge in [0.1, 0.15) is 0 Å². The number of unbranched alkanes of at least 4 members (excludes halogenated alkanes) is 28. The van der Waals surface area contributed by atoms with Crippen LogP contribution >= 0.6 is 12.4 Å². The van der Waals surface area contributed by atoms with Crippen molar-refractivity contribution in [2.45, 2.75) is 232 Å². The van der Waals surface area contributed by atoms with Crippen LogP contribution in [0, 0.1) is 0 Å². The molecule has 290 valence electrons. The summed E-state index contributed by atoms with van der Waals surface area (Å²) >= 11 is 0. The van der Waals surface area contributed by atoms with E-state index in [0.717, 1.165) is 32.5 Å². The van der Waals surface area contributed by atoms with Gasteiger partial charge in [0.15, 0.2) is 0 Å². The number of hydrogen-bond donors (Lipinski definition) is 3. The zero-order chi connectivity index (χ0) is 34.9. The molecule has 0 aromatic heterocycles. The first-order chi connectivity index (χ1) is 23.0. The van der Waals surface area contributed by atoms with Gasteiger partial charge in [0.2, 0.25) is 11.8 Å². The summed E-state index contributed by atoms with van der Waals surface area (Å²) in [5.41, 5.74) is 10.2. The van der Waals surface area contributed by atoms with E-state index in [4.69, 9.17) is 16.2 Å². The van der Waals surface area contributed by atoms with Gasteiger partial charge in [-0.15, -0.1) is 12.4 Å². The molecule has 6 nitrogen and oxygen atoms in total. The fourth-order valence-corrected chi connectivity index (χ4v) is 5.83. The summed E-state index contributed by atoms with van der Waals surface area (Å²) in [5, 5.41) is 3.19. The fraction of sp³-hybridized carbons (Fsp3) is 0.951. The molecule has 1 fully saturated rings. The first-order valence-electron chi connectivity index (χ1n) is 20.9. The lowest BCUT2D eigenvalue weighted by atomic mass is 10.0. The van der Waals surface area contributed by atoms with E-state index in [1.165, 1.54) is 180 Å². The minimum Gasteiger partial charge on any atom is -0.372 e. The number of carbonyl (C=O) groups excluding carboxylic acids is 2. The summed E-state index contributed by atoms with van der Waals surface area (Å²) in [5.74, 6) is -0.306. The molecule has 0 bridgehead atoms. The van der Waals surface area contributed by atoms with Gasteiger partial charge in [-0.3, -0.25) is 9.59 Å². The van der Waals surface area contributed by atoms with E-state index < -0.39 is 0 Å². The van der Waals surface area contributed by atoms with Crippen LogP contribution in [0.25, 0.3) is 0 Å². The van der Waals surface area contributed by atoms with E-state index >= 15 is 0 Å². The summed E-state index contributed by atoms with van der Waals surface area (Å²) in [4.78, 5) is 21.1. The molecule has 1 aliphatic heterocycles. The van der Waals surface area contributed by atoms with Crippen LogP contribution < -0.4 is 16.8 Å². The highest BCUT2D eigenvalue weighted by molar-refractivity contribution is 5.85. The van der Waals surface area contributed by atoms with Crippen LogP contribution in [0.1, 0.15) is 226 Å². The Morgan fingerprint density at radius 2 is 0.708 bits per heavy atom. The van der Waals surface area contributed by atoms with Gasteiger partial charge in [-0.25, -0.2) is 0 Å². The second-order valence-electron chi connectivity index (χ2n) is 14.1. The predicted molar refractivity (Wildman–Crippen MR) is 213 cm³/mol. The number of ether oxygens (including phenoxy) is 1. The Labute approximate surface area is 306 Å². The van der Waals surface area contributed by atoms with Crippen molar-refractivity contribution in [3.8, 4) is 0 Å². The van der Waals surface area contributed by atoms with Gasteiger partial charge < -0.3 is 21.5 Å². The SMILES string of the molecule is CCCCCCCCCCCCCCCCCC(N)=O.CCCCCCCCCCCCCCCCCC(N)=O.CCNCC1CO1.Cl. The van der Waals surface area contributed by atoms with Crippen molar-refractivity contribution in [3.63, 3.8) is 0 Å². The van der Waals surface area contributed by atoms with Crippen LogP contribution in [-0.2, 0) is 14.3 Å². The molecule has 0 aliphatic carbocycles. The molecule has 1 atom stereocenters. The lowest BCUT2D eigenvalue weighted by molar-refractivity contribution is -0.119. The highest BCUT2D eigenvalue weighted by Crippen LogP contribution is 2.15. The highest BCUT2D eigenvalue weighted by atomic mass is 35.5. The lowest BCUT2D eigenvalue weighted by Gasteiger charge is -2.03. The van der Waals surface area contributed by atoms with Gasteiger partial charge in [-0.05, 0) is 19.4 Å². The molecule has 1 rings (SSSR count). The molecule has 1 aliphatic rings. The van der Waals surface area contributed by atoms with Crippen molar-refractivity contribution in [2.75, 3.05) is 19.7 Å².